The van der Waals surface area contributed by atoms with E-state index >= 15 is 0 Å². The topological polar surface area (TPSA) is 12.0 Å². The maximum atomic E-state index is 3.40. The molecule has 0 aromatic heterocycles. The van der Waals surface area contributed by atoms with Crippen LogP contribution in [0.1, 0.15) is 27.2 Å². The van der Waals surface area contributed by atoms with Gasteiger partial charge >= 0.3 is 0 Å². The van der Waals surface area contributed by atoms with Crippen LogP contribution in [-0.4, -0.2) is 24.1 Å². The highest BCUT2D eigenvalue weighted by molar-refractivity contribution is 7.99. The average molecular weight is 161 g/mol. The van der Waals surface area contributed by atoms with E-state index in [2.05, 4.69) is 32.3 Å². The Kier molecular flexibility index (Phi) is 6.24. The predicted molar refractivity (Wildman–Crippen MR) is 50.7 cm³/mol. The zero-order chi connectivity index (χ0) is 7.98. The summed E-state index contributed by atoms with van der Waals surface area (Å²) >= 11 is 1.94. The van der Waals surface area contributed by atoms with Crippen LogP contribution in [0.15, 0.2) is 0 Å². The summed E-state index contributed by atoms with van der Waals surface area (Å²) in [5, 5.41) is 4.19. The Labute approximate surface area is 69.0 Å². The fourth-order valence-electron chi connectivity index (χ4n) is 0.693. The zero-order valence-electron chi connectivity index (χ0n) is 7.48. The Bertz CT molecular complexity index is 73.7. The minimum Gasteiger partial charge on any atom is -0.314 e. The molecule has 0 fully saturated rings. The molecule has 0 aromatic carbocycles. The van der Waals surface area contributed by atoms with Crippen molar-refractivity contribution in [2.24, 2.45) is 0 Å². The summed E-state index contributed by atoms with van der Waals surface area (Å²) in [6.07, 6.45) is 3.44. The van der Waals surface area contributed by atoms with Gasteiger partial charge in [0.25, 0.3) is 0 Å². The summed E-state index contributed by atoms with van der Waals surface area (Å²) < 4.78 is 0. The van der Waals surface area contributed by atoms with Crippen molar-refractivity contribution in [3.63, 3.8) is 0 Å². The minimum atomic E-state index is 0.633. The Morgan fingerprint density at radius 1 is 1.30 bits per heavy atom. The SMILES string of the molecule is CSC(C)CCNC(C)C. The highest BCUT2D eigenvalue weighted by Crippen LogP contribution is 2.07. The summed E-state index contributed by atoms with van der Waals surface area (Å²) in [4.78, 5) is 0. The van der Waals surface area contributed by atoms with Crippen LogP contribution in [0.3, 0.4) is 0 Å². The lowest BCUT2D eigenvalue weighted by Crippen LogP contribution is -2.25. The molecular weight excluding hydrogens is 142 g/mol. The smallest absolute Gasteiger partial charge is 0.00280 e. The second kappa shape index (κ2) is 6.05. The number of nitrogens with one attached hydrogen (secondary N) is 1. The molecule has 0 radical (unpaired) electrons. The molecule has 1 nitrogen and oxygen atoms in total. The number of hydrogen-bond donors (Lipinski definition) is 1. The minimum absolute atomic E-state index is 0.633. The zero-order valence-corrected chi connectivity index (χ0v) is 8.29. The van der Waals surface area contributed by atoms with Crippen LogP contribution in [0.25, 0.3) is 0 Å². The van der Waals surface area contributed by atoms with Crippen LogP contribution < -0.4 is 5.32 Å². The van der Waals surface area contributed by atoms with Gasteiger partial charge in [-0.2, -0.15) is 11.8 Å². The van der Waals surface area contributed by atoms with Crippen LogP contribution in [-0.2, 0) is 0 Å². The summed E-state index contributed by atoms with van der Waals surface area (Å²) in [6.45, 7) is 7.79. The van der Waals surface area contributed by atoms with Crippen LogP contribution in [0.5, 0.6) is 0 Å². The summed E-state index contributed by atoms with van der Waals surface area (Å²) in [7, 11) is 0. The Morgan fingerprint density at radius 3 is 2.30 bits per heavy atom. The largest absolute Gasteiger partial charge is 0.314 e. The van der Waals surface area contributed by atoms with Gasteiger partial charge in [0.15, 0.2) is 0 Å². The van der Waals surface area contributed by atoms with Crippen molar-refractivity contribution in [2.45, 2.75) is 38.5 Å². The first-order valence-electron chi connectivity index (χ1n) is 3.93. The van der Waals surface area contributed by atoms with E-state index in [1.165, 1.54) is 6.42 Å². The van der Waals surface area contributed by atoms with Crippen molar-refractivity contribution in [3.8, 4) is 0 Å². The molecule has 0 saturated heterocycles. The van der Waals surface area contributed by atoms with Gasteiger partial charge in [-0.15, -0.1) is 0 Å². The number of rotatable bonds is 5. The van der Waals surface area contributed by atoms with Crippen molar-refractivity contribution >= 4 is 11.8 Å². The van der Waals surface area contributed by atoms with E-state index in [9.17, 15) is 0 Å². The highest BCUT2D eigenvalue weighted by atomic mass is 32.2. The van der Waals surface area contributed by atoms with Crippen LogP contribution in [0, 0.1) is 0 Å². The van der Waals surface area contributed by atoms with Crippen LogP contribution in [0.2, 0.25) is 0 Å². The first kappa shape index (κ1) is 10.3. The van der Waals surface area contributed by atoms with Gasteiger partial charge in [-0.05, 0) is 19.2 Å². The second-order valence-corrected chi connectivity index (χ2v) is 4.22. The predicted octanol–water partition coefficient (Wildman–Crippen LogP) is 2.13. The molecular formula is C8H19NS. The van der Waals surface area contributed by atoms with Gasteiger partial charge in [-0.25, -0.2) is 0 Å². The lowest BCUT2D eigenvalue weighted by atomic mass is 10.3. The average Bonchev–Trinajstić information content (AvgIpc) is 1.87. The van der Waals surface area contributed by atoms with E-state index in [4.69, 9.17) is 0 Å². The Hall–Kier alpha value is 0.310. The Balaban J connectivity index is 3.03. The molecule has 0 saturated carbocycles. The maximum Gasteiger partial charge on any atom is 0.00280 e. The molecule has 62 valence electrons. The highest BCUT2D eigenvalue weighted by Gasteiger charge is 1.98. The Morgan fingerprint density at radius 2 is 1.90 bits per heavy atom. The maximum absolute atomic E-state index is 3.40. The molecule has 0 aromatic rings. The molecule has 0 aliphatic rings. The van der Waals surface area contributed by atoms with E-state index in [1.54, 1.807) is 0 Å². The third kappa shape index (κ3) is 6.43. The normalized spacial score (nSPS) is 14.1. The molecule has 1 unspecified atom stereocenters. The van der Waals surface area contributed by atoms with E-state index < -0.39 is 0 Å². The van der Waals surface area contributed by atoms with Gasteiger partial charge in [-0.1, -0.05) is 20.8 Å². The molecule has 0 rings (SSSR count). The summed E-state index contributed by atoms with van der Waals surface area (Å²) in [5.74, 6) is 0. The third-order valence-electron chi connectivity index (χ3n) is 1.51. The van der Waals surface area contributed by atoms with Gasteiger partial charge in [-0.3, -0.25) is 0 Å². The lowest BCUT2D eigenvalue weighted by Gasteiger charge is -2.10. The standard InChI is InChI=1S/C8H19NS/c1-7(2)9-6-5-8(3)10-4/h7-9H,5-6H2,1-4H3. The quantitative estimate of drug-likeness (QED) is 0.663. The lowest BCUT2D eigenvalue weighted by molar-refractivity contribution is 0.570. The molecule has 0 aliphatic heterocycles. The van der Waals surface area contributed by atoms with Crippen molar-refractivity contribution in [3.05, 3.63) is 0 Å². The van der Waals surface area contributed by atoms with Crippen molar-refractivity contribution in [2.75, 3.05) is 12.8 Å². The van der Waals surface area contributed by atoms with E-state index in [1.807, 2.05) is 11.8 Å². The van der Waals surface area contributed by atoms with Crippen LogP contribution >= 0.6 is 11.8 Å². The molecule has 1 atom stereocenters. The number of hydrogen-bond acceptors (Lipinski definition) is 2. The molecule has 0 bridgehead atoms. The van der Waals surface area contributed by atoms with Gasteiger partial charge in [0.1, 0.15) is 0 Å². The first-order valence-corrected chi connectivity index (χ1v) is 5.21. The molecule has 0 spiro atoms. The monoisotopic (exact) mass is 161 g/mol. The molecule has 10 heavy (non-hydrogen) atoms. The van der Waals surface area contributed by atoms with Gasteiger partial charge in [0.2, 0.25) is 0 Å². The third-order valence-corrected chi connectivity index (χ3v) is 2.55. The van der Waals surface area contributed by atoms with Gasteiger partial charge in [0.05, 0.1) is 0 Å². The molecule has 2 heteroatoms. The first-order chi connectivity index (χ1) is 4.66. The summed E-state index contributed by atoms with van der Waals surface area (Å²) in [5.41, 5.74) is 0. The van der Waals surface area contributed by atoms with Gasteiger partial charge < -0.3 is 5.32 Å². The number of thioether (sulfide) groups is 1. The molecule has 1 N–H and O–H groups in total. The van der Waals surface area contributed by atoms with Crippen molar-refractivity contribution < 1.29 is 0 Å². The fraction of sp³-hybridized carbons (Fsp3) is 1.00. The van der Waals surface area contributed by atoms with E-state index in [0.717, 1.165) is 11.8 Å². The fourth-order valence-corrected chi connectivity index (χ4v) is 1.05. The molecule has 0 amide bonds. The van der Waals surface area contributed by atoms with E-state index in [0.29, 0.717) is 6.04 Å². The molecule has 0 aliphatic carbocycles. The van der Waals surface area contributed by atoms with Gasteiger partial charge in [0, 0.05) is 11.3 Å². The van der Waals surface area contributed by atoms with Crippen molar-refractivity contribution in [1.82, 2.24) is 5.32 Å². The van der Waals surface area contributed by atoms with Crippen LogP contribution in [0.4, 0.5) is 0 Å². The second-order valence-electron chi connectivity index (χ2n) is 2.94. The molecule has 0 heterocycles. The van der Waals surface area contributed by atoms with E-state index in [-0.39, 0.29) is 0 Å². The van der Waals surface area contributed by atoms with Crippen molar-refractivity contribution in [1.29, 1.82) is 0 Å². The summed E-state index contributed by atoms with van der Waals surface area (Å²) in [6, 6.07) is 0.633.